The summed E-state index contributed by atoms with van der Waals surface area (Å²) >= 11 is 0. The third kappa shape index (κ3) is 3.47. The molecule has 0 amide bonds. The summed E-state index contributed by atoms with van der Waals surface area (Å²) in [5.41, 5.74) is 1.78. The lowest BCUT2D eigenvalue weighted by Gasteiger charge is -2.38. The fourth-order valence-corrected chi connectivity index (χ4v) is 2.91. The average molecular weight is 259 g/mol. The van der Waals surface area contributed by atoms with Gasteiger partial charge in [0.2, 0.25) is 0 Å². The molecule has 1 aromatic heterocycles. The van der Waals surface area contributed by atoms with Gasteiger partial charge in [0.15, 0.2) is 0 Å². The predicted molar refractivity (Wildman–Crippen MR) is 79.3 cm³/mol. The van der Waals surface area contributed by atoms with E-state index in [1.807, 2.05) is 6.20 Å². The Labute approximate surface area is 116 Å². The van der Waals surface area contributed by atoms with Crippen LogP contribution in [-0.4, -0.2) is 24.1 Å². The molecule has 1 aliphatic carbocycles. The first-order valence-electron chi connectivity index (χ1n) is 7.56. The highest BCUT2D eigenvalue weighted by atomic mass is 15.2. The molecule has 1 saturated carbocycles. The van der Waals surface area contributed by atoms with Crippen LogP contribution in [0, 0.1) is 5.41 Å². The maximum absolute atomic E-state index is 4.57. The third-order valence-corrected chi connectivity index (χ3v) is 4.21. The molecule has 2 aliphatic rings. The highest BCUT2D eigenvalue weighted by molar-refractivity contribution is 5.41. The van der Waals surface area contributed by atoms with Crippen molar-refractivity contribution in [3.8, 4) is 0 Å². The van der Waals surface area contributed by atoms with Gasteiger partial charge >= 0.3 is 0 Å². The summed E-state index contributed by atoms with van der Waals surface area (Å²) in [6.45, 7) is 7.97. The molecule has 0 aromatic carbocycles. The molecule has 2 fully saturated rings. The van der Waals surface area contributed by atoms with Crippen LogP contribution >= 0.6 is 0 Å². The molecule has 3 nitrogen and oxygen atoms in total. The second-order valence-corrected chi connectivity index (χ2v) is 6.87. The molecular weight excluding hydrogens is 234 g/mol. The van der Waals surface area contributed by atoms with Crippen molar-refractivity contribution in [1.82, 2.24) is 10.3 Å². The first-order valence-corrected chi connectivity index (χ1v) is 7.56. The maximum Gasteiger partial charge on any atom is 0.128 e. The summed E-state index contributed by atoms with van der Waals surface area (Å²) in [6, 6.07) is 5.16. The normalized spacial score (nSPS) is 22.5. The van der Waals surface area contributed by atoms with Crippen LogP contribution in [0.1, 0.15) is 45.1 Å². The molecular formula is C16H25N3. The molecule has 2 heterocycles. The largest absolute Gasteiger partial charge is 0.356 e. The standard InChI is InChI=1S/C16H25N3/c1-16(2)7-3-9-19(12-16)15-10-13(6-8-17-15)11-18-14-4-5-14/h6,8,10,14,18H,3-5,7,9,11-12H2,1-2H3. The van der Waals surface area contributed by atoms with Crippen molar-refractivity contribution in [2.45, 2.75) is 52.1 Å². The Morgan fingerprint density at radius 3 is 3.00 bits per heavy atom. The van der Waals surface area contributed by atoms with Gasteiger partial charge in [-0.3, -0.25) is 0 Å². The minimum Gasteiger partial charge on any atom is -0.356 e. The van der Waals surface area contributed by atoms with Gasteiger partial charge in [-0.05, 0) is 48.8 Å². The van der Waals surface area contributed by atoms with Gasteiger partial charge in [-0.1, -0.05) is 13.8 Å². The number of nitrogens with one attached hydrogen (secondary N) is 1. The molecule has 0 unspecified atom stereocenters. The summed E-state index contributed by atoms with van der Waals surface area (Å²) in [5.74, 6) is 1.16. The summed E-state index contributed by atoms with van der Waals surface area (Å²) in [7, 11) is 0. The second kappa shape index (κ2) is 5.12. The summed E-state index contributed by atoms with van der Waals surface area (Å²) in [4.78, 5) is 7.02. The van der Waals surface area contributed by atoms with Crippen molar-refractivity contribution in [1.29, 1.82) is 0 Å². The zero-order valence-electron chi connectivity index (χ0n) is 12.2. The Morgan fingerprint density at radius 1 is 1.42 bits per heavy atom. The highest BCUT2D eigenvalue weighted by Gasteiger charge is 2.27. The Morgan fingerprint density at radius 2 is 2.26 bits per heavy atom. The zero-order valence-corrected chi connectivity index (χ0v) is 12.2. The second-order valence-electron chi connectivity index (χ2n) is 6.87. The van der Waals surface area contributed by atoms with E-state index in [-0.39, 0.29) is 0 Å². The van der Waals surface area contributed by atoms with Crippen molar-refractivity contribution in [3.05, 3.63) is 23.9 Å². The third-order valence-electron chi connectivity index (χ3n) is 4.21. The molecule has 1 N–H and O–H groups in total. The highest BCUT2D eigenvalue weighted by Crippen LogP contribution is 2.31. The number of pyridine rings is 1. The average Bonchev–Trinajstić information content (AvgIpc) is 3.20. The van der Waals surface area contributed by atoms with Crippen LogP contribution in [0.5, 0.6) is 0 Å². The van der Waals surface area contributed by atoms with E-state index >= 15 is 0 Å². The van der Waals surface area contributed by atoms with E-state index < -0.39 is 0 Å². The summed E-state index contributed by atoms with van der Waals surface area (Å²) in [5, 5.41) is 3.57. The molecule has 0 radical (unpaired) electrons. The van der Waals surface area contributed by atoms with E-state index in [4.69, 9.17) is 0 Å². The zero-order chi connectivity index (χ0) is 13.3. The molecule has 19 heavy (non-hydrogen) atoms. The first-order chi connectivity index (χ1) is 9.12. The van der Waals surface area contributed by atoms with E-state index in [1.165, 1.54) is 31.2 Å². The van der Waals surface area contributed by atoms with Crippen LogP contribution in [0.2, 0.25) is 0 Å². The molecule has 1 aromatic rings. The first kappa shape index (κ1) is 12.9. The van der Waals surface area contributed by atoms with Gasteiger partial charge in [-0.25, -0.2) is 4.98 Å². The Hall–Kier alpha value is -1.09. The topological polar surface area (TPSA) is 28.2 Å². The van der Waals surface area contributed by atoms with Crippen LogP contribution < -0.4 is 10.2 Å². The van der Waals surface area contributed by atoms with Gasteiger partial charge in [0.1, 0.15) is 5.82 Å². The minimum atomic E-state index is 0.419. The number of hydrogen-bond acceptors (Lipinski definition) is 3. The van der Waals surface area contributed by atoms with Gasteiger partial charge in [0.25, 0.3) is 0 Å². The van der Waals surface area contributed by atoms with Crippen molar-refractivity contribution >= 4 is 5.82 Å². The number of nitrogens with zero attached hydrogens (tertiary/aromatic N) is 2. The van der Waals surface area contributed by atoms with E-state index in [0.717, 1.165) is 31.5 Å². The SMILES string of the molecule is CC1(C)CCCN(c2cc(CNC3CC3)ccn2)C1. The van der Waals surface area contributed by atoms with Crippen LogP contribution in [0.3, 0.4) is 0 Å². The van der Waals surface area contributed by atoms with E-state index in [1.54, 1.807) is 0 Å². The molecule has 1 saturated heterocycles. The van der Waals surface area contributed by atoms with Gasteiger partial charge in [0.05, 0.1) is 0 Å². The molecule has 1 aliphatic heterocycles. The Balaban J connectivity index is 1.67. The van der Waals surface area contributed by atoms with Crippen molar-refractivity contribution in [2.24, 2.45) is 5.41 Å². The number of aromatic nitrogens is 1. The number of piperidine rings is 1. The van der Waals surface area contributed by atoms with Crippen LogP contribution in [0.4, 0.5) is 5.82 Å². The summed E-state index contributed by atoms with van der Waals surface area (Å²) in [6.07, 6.45) is 7.25. The van der Waals surface area contributed by atoms with Crippen molar-refractivity contribution in [2.75, 3.05) is 18.0 Å². The van der Waals surface area contributed by atoms with E-state index in [2.05, 4.69) is 41.2 Å². The van der Waals surface area contributed by atoms with Gasteiger partial charge in [-0.15, -0.1) is 0 Å². The number of rotatable bonds is 4. The van der Waals surface area contributed by atoms with Crippen LogP contribution in [-0.2, 0) is 6.54 Å². The van der Waals surface area contributed by atoms with Crippen LogP contribution in [0.25, 0.3) is 0 Å². The Bertz CT molecular complexity index is 437. The molecule has 0 bridgehead atoms. The smallest absolute Gasteiger partial charge is 0.128 e. The van der Waals surface area contributed by atoms with Crippen molar-refractivity contribution in [3.63, 3.8) is 0 Å². The van der Waals surface area contributed by atoms with Gasteiger partial charge < -0.3 is 10.2 Å². The lowest BCUT2D eigenvalue weighted by molar-refractivity contribution is 0.292. The van der Waals surface area contributed by atoms with Crippen molar-refractivity contribution < 1.29 is 0 Å². The lowest BCUT2D eigenvalue weighted by atomic mass is 9.84. The quantitative estimate of drug-likeness (QED) is 0.901. The predicted octanol–water partition coefficient (Wildman–Crippen LogP) is 2.96. The molecule has 3 rings (SSSR count). The van der Waals surface area contributed by atoms with Gasteiger partial charge in [-0.2, -0.15) is 0 Å². The Kier molecular flexibility index (Phi) is 3.48. The summed E-state index contributed by atoms with van der Waals surface area (Å²) < 4.78 is 0. The molecule has 0 atom stereocenters. The number of hydrogen-bond donors (Lipinski definition) is 1. The minimum absolute atomic E-state index is 0.419. The van der Waals surface area contributed by atoms with E-state index in [0.29, 0.717) is 5.41 Å². The molecule has 0 spiro atoms. The fraction of sp³-hybridized carbons (Fsp3) is 0.688. The fourth-order valence-electron chi connectivity index (χ4n) is 2.91. The number of anilines is 1. The molecule has 104 valence electrons. The molecule has 3 heteroatoms. The van der Waals surface area contributed by atoms with Crippen LogP contribution in [0.15, 0.2) is 18.3 Å². The monoisotopic (exact) mass is 259 g/mol. The van der Waals surface area contributed by atoms with E-state index in [9.17, 15) is 0 Å². The maximum atomic E-state index is 4.57. The van der Waals surface area contributed by atoms with Gasteiger partial charge in [0, 0.05) is 31.9 Å². The lowest BCUT2D eigenvalue weighted by Crippen LogP contribution is -2.40.